The highest BCUT2D eigenvalue weighted by Gasteiger charge is 2.48. The summed E-state index contributed by atoms with van der Waals surface area (Å²) in [5.74, 6) is 5.94. The van der Waals surface area contributed by atoms with E-state index in [4.69, 9.17) is 9.98 Å². The van der Waals surface area contributed by atoms with Crippen molar-refractivity contribution in [3.8, 4) is 23.0 Å². The van der Waals surface area contributed by atoms with E-state index in [1.165, 1.54) is 6.07 Å². The molecule has 1 fully saturated rings. The number of hydrogen-bond acceptors (Lipinski definition) is 3. The highest BCUT2D eigenvalue weighted by Crippen LogP contribution is 2.51. The summed E-state index contributed by atoms with van der Waals surface area (Å²) in [5, 5.41) is 0. The van der Waals surface area contributed by atoms with Crippen LogP contribution in [0.15, 0.2) is 46.6 Å². The number of pyridine rings is 1. The molecule has 0 bridgehead atoms. The lowest BCUT2D eigenvalue weighted by atomic mass is 9.92. The topological polar surface area (TPSA) is 37.6 Å². The molecule has 1 aromatic carbocycles. The molecule has 1 aliphatic heterocycles. The first-order chi connectivity index (χ1) is 12.1. The monoisotopic (exact) mass is 331 g/mol. The van der Waals surface area contributed by atoms with Crippen LogP contribution in [0.3, 0.4) is 0 Å². The number of aliphatic imine (C=N–C) groups is 2. The maximum atomic E-state index is 14.5. The molecule has 1 saturated carbocycles. The van der Waals surface area contributed by atoms with E-state index >= 15 is 0 Å². The second-order valence-electron chi connectivity index (χ2n) is 6.54. The molecule has 1 atom stereocenters. The van der Waals surface area contributed by atoms with Crippen molar-refractivity contribution in [3.63, 3.8) is 0 Å². The number of hydrogen-bond donors (Lipinski definition) is 0. The molecule has 0 spiro atoms. The first-order valence-corrected chi connectivity index (χ1v) is 8.42. The lowest BCUT2D eigenvalue weighted by Gasteiger charge is -2.24. The Balaban J connectivity index is 1.83. The van der Waals surface area contributed by atoms with Gasteiger partial charge in [-0.2, -0.15) is 0 Å². The summed E-state index contributed by atoms with van der Waals surface area (Å²) in [5.41, 5.74) is 3.27. The third-order valence-corrected chi connectivity index (χ3v) is 4.65. The third-order valence-electron chi connectivity index (χ3n) is 4.65. The van der Waals surface area contributed by atoms with E-state index in [1.54, 1.807) is 25.4 Å². The van der Waals surface area contributed by atoms with Gasteiger partial charge in [-0.3, -0.25) is 15.0 Å². The average Bonchev–Trinajstić information content (AvgIpc) is 3.39. The molecule has 2 aromatic rings. The summed E-state index contributed by atoms with van der Waals surface area (Å²) in [7, 11) is 0. The fourth-order valence-corrected chi connectivity index (χ4v) is 3.35. The summed E-state index contributed by atoms with van der Waals surface area (Å²) >= 11 is 0. The van der Waals surface area contributed by atoms with Crippen molar-refractivity contribution < 1.29 is 4.39 Å². The lowest BCUT2D eigenvalue weighted by Crippen LogP contribution is -2.22. The normalized spacial score (nSPS) is 21.6. The number of rotatable bonds is 3. The molecule has 1 unspecified atom stereocenters. The highest BCUT2D eigenvalue weighted by atomic mass is 19.1. The van der Waals surface area contributed by atoms with Crippen LogP contribution in [0.4, 0.5) is 4.39 Å². The fourth-order valence-electron chi connectivity index (χ4n) is 3.35. The molecular weight excluding hydrogens is 313 g/mol. The van der Waals surface area contributed by atoms with Gasteiger partial charge < -0.3 is 0 Å². The van der Waals surface area contributed by atoms with Crippen molar-refractivity contribution in [2.75, 3.05) is 0 Å². The lowest BCUT2D eigenvalue weighted by molar-refractivity contribution is 0.417. The Morgan fingerprint density at radius 3 is 2.72 bits per heavy atom. The molecule has 2 heterocycles. The minimum atomic E-state index is -0.583. The molecule has 0 radical (unpaired) electrons. The van der Waals surface area contributed by atoms with Gasteiger partial charge in [-0.05, 0) is 44.9 Å². The summed E-state index contributed by atoms with van der Waals surface area (Å²) in [6.07, 6.45) is 7.37. The third kappa shape index (κ3) is 2.76. The maximum Gasteiger partial charge on any atom is 0.178 e. The zero-order valence-electron chi connectivity index (χ0n) is 14.3. The van der Waals surface area contributed by atoms with Gasteiger partial charge >= 0.3 is 0 Å². The van der Waals surface area contributed by atoms with Crippen molar-refractivity contribution in [3.05, 3.63) is 53.6 Å². The second kappa shape index (κ2) is 5.93. The Bertz CT molecular complexity index is 961. The zero-order chi connectivity index (χ0) is 17.4. The maximum absolute atomic E-state index is 14.5. The Labute approximate surface area is 146 Å². The summed E-state index contributed by atoms with van der Waals surface area (Å²) < 4.78 is 14.5. The Hall–Kier alpha value is -2.80. The number of benzene rings is 1. The van der Waals surface area contributed by atoms with Gasteiger partial charge in [-0.15, -0.1) is 5.92 Å². The Morgan fingerprint density at radius 1 is 1.20 bits per heavy atom. The van der Waals surface area contributed by atoms with Crippen molar-refractivity contribution in [1.29, 1.82) is 0 Å². The fraction of sp³-hybridized carbons (Fsp3) is 0.286. The number of halogens is 1. The molecule has 25 heavy (non-hydrogen) atoms. The molecule has 0 amide bonds. The van der Waals surface area contributed by atoms with Crippen LogP contribution in [0.5, 0.6) is 0 Å². The van der Waals surface area contributed by atoms with Gasteiger partial charge in [-0.1, -0.05) is 12.0 Å². The quantitative estimate of drug-likeness (QED) is 0.770. The SMILES string of the molecule is CC#Cc1cncc(-c2cc(C3(C4CC4)N=CC(C)=N3)ccc2F)c1. The van der Waals surface area contributed by atoms with Gasteiger partial charge in [0.1, 0.15) is 5.82 Å². The van der Waals surface area contributed by atoms with E-state index in [9.17, 15) is 4.39 Å². The number of nitrogens with zero attached hydrogens (tertiary/aromatic N) is 3. The van der Waals surface area contributed by atoms with E-state index in [-0.39, 0.29) is 5.82 Å². The molecule has 3 nitrogen and oxygen atoms in total. The van der Waals surface area contributed by atoms with Crippen LogP contribution in [-0.2, 0) is 5.66 Å². The molecule has 1 aromatic heterocycles. The molecule has 0 saturated heterocycles. The second-order valence-corrected chi connectivity index (χ2v) is 6.54. The van der Waals surface area contributed by atoms with Crippen LogP contribution in [0, 0.1) is 23.6 Å². The van der Waals surface area contributed by atoms with Gasteiger partial charge in [0.2, 0.25) is 0 Å². The van der Waals surface area contributed by atoms with Gasteiger partial charge in [-0.25, -0.2) is 4.39 Å². The first kappa shape index (κ1) is 15.7. The Morgan fingerprint density at radius 2 is 2.04 bits per heavy atom. The minimum Gasteiger partial charge on any atom is -0.263 e. The summed E-state index contributed by atoms with van der Waals surface area (Å²) in [6, 6.07) is 7.04. The molecule has 1 aliphatic carbocycles. The highest BCUT2D eigenvalue weighted by molar-refractivity contribution is 6.30. The van der Waals surface area contributed by atoms with Crippen LogP contribution < -0.4 is 0 Å². The van der Waals surface area contributed by atoms with Gasteiger partial charge in [0.15, 0.2) is 5.66 Å². The minimum absolute atomic E-state index is 0.277. The summed E-state index contributed by atoms with van der Waals surface area (Å²) in [6.45, 7) is 3.72. The number of aromatic nitrogens is 1. The van der Waals surface area contributed by atoms with Crippen molar-refractivity contribution in [2.24, 2.45) is 15.9 Å². The molecule has 2 aliphatic rings. The van der Waals surface area contributed by atoms with E-state index in [1.807, 2.05) is 25.3 Å². The van der Waals surface area contributed by atoms with Crippen LogP contribution in [0.25, 0.3) is 11.1 Å². The van der Waals surface area contributed by atoms with E-state index < -0.39 is 5.66 Å². The molecule has 4 rings (SSSR count). The molecule has 0 N–H and O–H groups in total. The Kier molecular flexibility index (Phi) is 3.73. The summed E-state index contributed by atoms with van der Waals surface area (Å²) in [4.78, 5) is 13.7. The average molecular weight is 331 g/mol. The standard InChI is InChI=1S/C21H18FN3/c1-3-4-15-9-16(13-23-12-15)19-10-18(7-8-20(19)22)21(17-5-6-17)24-11-14(2)25-21/h7-13,17H,5-6H2,1-2H3. The van der Waals surface area contributed by atoms with Crippen molar-refractivity contribution in [2.45, 2.75) is 32.4 Å². The van der Waals surface area contributed by atoms with Crippen molar-refractivity contribution in [1.82, 2.24) is 4.98 Å². The van der Waals surface area contributed by atoms with Crippen LogP contribution in [0.2, 0.25) is 0 Å². The van der Waals surface area contributed by atoms with E-state index in [2.05, 4.69) is 16.8 Å². The smallest absolute Gasteiger partial charge is 0.178 e. The molecule has 4 heteroatoms. The van der Waals surface area contributed by atoms with Crippen LogP contribution >= 0.6 is 0 Å². The van der Waals surface area contributed by atoms with Crippen LogP contribution in [-0.4, -0.2) is 16.9 Å². The van der Waals surface area contributed by atoms with Crippen molar-refractivity contribution >= 4 is 11.9 Å². The van der Waals surface area contributed by atoms with Gasteiger partial charge in [0.05, 0.1) is 5.71 Å². The predicted octanol–water partition coefficient (Wildman–Crippen LogP) is 4.37. The zero-order valence-corrected chi connectivity index (χ0v) is 14.3. The van der Waals surface area contributed by atoms with Crippen LogP contribution in [0.1, 0.15) is 37.8 Å². The largest absolute Gasteiger partial charge is 0.263 e. The molecular formula is C21H18FN3. The first-order valence-electron chi connectivity index (χ1n) is 8.42. The van der Waals surface area contributed by atoms with Gasteiger partial charge in [0.25, 0.3) is 0 Å². The van der Waals surface area contributed by atoms with Gasteiger partial charge in [0, 0.05) is 46.8 Å². The molecule has 124 valence electrons. The van der Waals surface area contributed by atoms with E-state index in [0.29, 0.717) is 17.0 Å². The van der Waals surface area contributed by atoms with E-state index in [0.717, 1.165) is 29.7 Å². The predicted molar refractivity (Wildman–Crippen MR) is 98.2 cm³/mol.